The molecule has 0 aliphatic carbocycles. The molecule has 0 rings (SSSR count). The number of ether oxygens (including phenoxy) is 4. The molecule has 0 radical (unpaired) electrons. The van der Waals surface area contributed by atoms with E-state index in [0.717, 1.165) is 13.0 Å². The third kappa shape index (κ3) is 16.1. The summed E-state index contributed by atoms with van der Waals surface area (Å²) in [6, 6.07) is 0. The molecule has 0 spiro atoms. The van der Waals surface area contributed by atoms with Gasteiger partial charge in [0.15, 0.2) is 0 Å². The van der Waals surface area contributed by atoms with Gasteiger partial charge in [0.2, 0.25) is 0 Å². The topological polar surface area (TPSA) is 36.9 Å². The van der Waals surface area contributed by atoms with Crippen molar-refractivity contribution in [3.8, 4) is 0 Å². The minimum absolute atomic E-state index is 0.401. The van der Waals surface area contributed by atoms with Gasteiger partial charge >= 0.3 is 0 Å². The van der Waals surface area contributed by atoms with Crippen LogP contribution >= 0.6 is 11.6 Å². The second-order valence-corrected chi connectivity index (χ2v) is 4.83. The van der Waals surface area contributed by atoms with Crippen LogP contribution in [-0.2, 0) is 18.9 Å². The molecule has 4 nitrogen and oxygen atoms in total. The third-order valence-corrected chi connectivity index (χ3v) is 2.95. The standard InChI is InChI=1S/C14H29ClO4/c1-3-4-5-16-6-7-17-8-9-18-10-11-19-13-14(2)12-15/h14H,3-13H2,1-2H3. The van der Waals surface area contributed by atoms with E-state index in [0.29, 0.717) is 58.0 Å². The fourth-order valence-electron chi connectivity index (χ4n) is 1.24. The average Bonchev–Trinajstić information content (AvgIpc) is 2.43. The van der Waals surface area contributed by atoms with E-state index >= 15 is 0 Å². The van der Waals surface area contributed by atoms with E-state index < -0.39 is 0 Å². The van der Waals surface area contributed by atoms with Gasteiger partial charge in [-0.3, -0.25) is 0 Å². The molecule has 19 heavy (non-hydrogen) atoms. The Labute approximate surface area is 122 Å². The molecule has 0 aliphatic heterocycles. The summed E-state index contributed by atoms with van der Waals surface area (Å²) >= 11 is 5.66. The van der Waals surface area contributed by atoms with Crippen molar-refractivity contribution in [3.05, 3.63) is 0 Å². The Kier molecular flexibility index (Phi) is 16.3. The zero-order valence-corrected chi connectivity index (χ0v) is 13.1. The van der Waals surface area contributed by atoms with Gasteiger partial charge in [0.1, 0.15) is 0 Å². The van der Waals surface area contributed by atoms with Gasteiger partial charge in [0, 0.05) is 12.5 Å². The second-order valence-electron chi connectivity index (χ2n) is 4.53. The molecule has 0 heterocycles. The largest absolute Gasteiger partial charge is 0.379 e. The lowest BCUT2D eigenvalue weighted by molar-refractivity contribution is -0.00468. The molecule has 0 saturated carbocycles. The highest BCUT2D eigenvalue weighted by Crippen LogP contribution is 1.97. The zero-order valence-electron chi connectivity index (χ0n) is 12.4. The number of hydrogen-bond donors (Lipinski definition) is 0. The quantitative estimate of drug-likeness (QED) is 0.344. The van der Waals surface area contributed by atoms with Crippen LogP contribution in [0.15, 0.2) is 0 Å². The summed E-state index contributed by atoms with van der Waals surface area (Å²) in [5, 5.41) is 0. The van der Waals surface area contributed by atoms with Gasteiger partial charge in [-0.25, -0.2) is 0 Å². The summed E-state index contributed by atoms with van der Waals surface area (Å²) in [5.74, 6) is 1.03. The van der Waals surface area contributed by atoms with Gasteiger partial charge < -0.3 is 18.9 Å². The molecule has 116 valence electrons. The molecule has 0 bridgehead atoms. The van der Waals surface area contributed by atoms with Crippen molar-refractivity contribution in [3.63, 3.8) is 0 Å². The van der Waals surface area contributed by atoms with E-state index in [9.17, 15) is 0 Å². The van der Waals surface area contributed by atoms with E-state index in [1.807, 2.05) is 0 Å². The Hall–Kier alpha value is 0.130. The summed E-state index contributed by atoms with van der Waals surface area (Å²) in [5.41, 5.74) is 0. The van der Waals surface area contributed by atoms with E-state index in [1.165, 1.54) is 6.42 Å². The Morgan fingerprint density at radius 3 is 1.74 bits per heavy atom. The predicted molar refractivity (Wildman–Crippen MR) is 78.1 cm³/mol. The molecule has 0 aromatic heterocycles. The van der Waals surface area contributed by atoms with Gasteiger partial charge in [-0.1, -0.05) is 20.3 Å². The summed E-state index contributed by atoms with van der Waals surface area (Å²) in [7, 11) is 0. The van der Waals surface area contributed by atoms with Crippen molar-refractivity contribution >= 4 is 11.6 Å². The molecule has 0 fully saturated rings. The molecule has 0 aromatic carbocycles. The van der Waals surface area contributed by atoms with Crippen molar-refractivity contribution in [2.75, 3.05) is 58.7 Å². The van der Waals surface area contributed by atoms with E-state index in [4.69, 9.17) is 30.5 Å². The number of hydrogen-bond acceptors (Lipinski definition) is 4. The van der Waals surface area contributed by atoms with Crippen LogP contribution in [0.5, 0.6) is 0 Å². The maximum atomic E-state index is 5.66. The van der Waals surface area contributed by atoms with Gasteiger partial charge in [-0.2, -0.15) is 0 Å². The lowest BCUT2D eigenvalue weighted by atomic mass is 10.2. The van der Waals surface area contributed by atoms with Crippen molar-refractivity contribution < 1.29 is 18.9 Å². The summed E-state index contributed by atoms with van der Waals surface area (Å²) in [6.45, 7) is 9.45. The van der Waals surface area contributed by atoms with Crippen LogP contribution in [0.4, 0.5) is 0 Å². The van der Waals surface area contributed by atoms with Crippen LogP contribution in [0.3, 0.4) is 0 Å². The second kappa shape index (κ2) is 16.2. The van der Waals surface area contributed by atoms with Crippen LogP contribution in [0.25, 0.3) is 0 Å². The Balaban J connectivity index is 2.95. The Morgan fingerprint density at radius 1 is 0.789 bits per heavy atom. The molecule has 0 amide bonds. The summed E-state index contributed by atoms with van der Waals surface area (Å²) < 4.78 is 21.5. The van der Waals surface area contributed by atoms with Crippen molar-refractivity contribution in [1.29, 1.82) is 0 Å². The summed E-state index contributed by atoms with van der Waals surface area (Å²) in [4.78, 5) is 0. The smallest absolute Gasteiger partial charge is 0.0701 e. The maximum absolute atomic E-state index is 5.66. The Morgan fingerprint density at radius 2 is 1.26 bits per heavy atom. The predicted octanol–water partition coefficient (Wildman–Crippen LogP) is 2.73. The minimum Gasteiger partial charge on any atom is -0.379 e. The van der Waals surface area contributed by atoms with Gasteiger partial charge in [-0.15, -0.1) is 11.6 Å². The molecule has 0 aliphatic rings. The van der Waals surface area contributed by atoms with Crippen LogP contribution in [0.2, 0.25) is 0 Å². The third-order valence-electron chi connectivity index (χ3n) is 2.42. The first kappa shape index (κ1) is 19.1. The zero-order chi connectivity index (χ0) is 14.2. The van der Waals surface area contributed by atoms with E-state index in [-0.39, 0.29) is 0 Å². The molecular weight excluding hydrogens is 268 g/mol. The summed E-state index contributed by atoms with van der Waals surface area (Å²) in [6.07, 6.45) is 2.28. The highest BCUT2D eigenvalue weighted by Gasteiger charge is 1.99. The van der Waals surface area contributed by atoms with Gasteiger partial charge in [-0.05, 0) is 12.3 Å². The first-order chi connectivity index (χ1) is 9.31. The number of unbranched alkanes of at least 4 members (excludes halogenated alkanes) is 1. The normalized spacial score (nSPS) is 12.8. The van der Waals surface area contributed by atoms with Crippen LogP contribution in [-0.4, -0.2) is 58.7 Å². The molecule has 1 unspecified atom stereocenters. The van der Waals surface area contributed by atoms with Crippen LogP contribution in [0.1, 0.15) is 26.7 Å². The first-order valence-corrected chi connectivity index (χ1v) is 7.71. The first-order valence-electron chi connectivity index (χ1n) is 7.18. The van der Waals surface area contributed by atoms with Crippen molar-refractivity contribution in [2.24, 2.45) is 5.92 Å². The van der Waals surface area contributed by atoms with Gasteiger partial charge in [0.25, 0.3) is 0 Å². The average molecular weight is 297 g/mol. The van der Waals surface area contributed by atoms with Crippen molar-refractivity contribution in [1.82, 2.24) is 0 Å². The van der Waals surface area contributed by atoms with Crippen molar-refractivity contribution in [2.45, 2.75) is 26.7 Å². The molecule has 5 heteroatoms. The van der Waals surface area contributed by atoms with Crippen LogP contribution in [0, 0.1) is 5.92 Å². The Bertz CT molecular complexity index is 170. The fourth-order valence-corrected chi connectivity index (χ4v) is 1.32. The molecule has 1 atom stereocenters. The minimum atomic E-state index is 0.401. The van der Waals surface area contributed by atoms with E-state index in [1.54, 1.807) is 0 Å². The molecule has 0 aromatic rings. The highest BCUT2D eigenvalue weighted by atomic mass is 35.5. The number of alkyl halides is 1. The SMILES string of the molecule is CCCCOCCOCCOCCOCC(C)CCl. The monoisotopic (exact) mass is 296 g/mol. The number of rotatable bonds is 15. The van der Waals surface area contributed by atoms with Gasteiger partial charge in [0.05, 0.1) is 46.2 Å². The number of halogens is 1. The molecule has 0 saturated heterocycles. The van der Waals surface area contributed by atoms with Crippen LogP contribution < -0.4 is 0 Å². The fraction of sp³-hybridized carbons (Fsp3) is 1.00. The maximum Gasteiger partial charge on any atom is 0.0701 e. The lowest BCUT2D eigenvalue weighted by Gasteiger charge is -2.09. The lowest BCUT2D eigenvalue weighted by Crippen LogP contribution is -2.14. The highest BCUT2D eigenvalue weighted by molar-refractivity contribution is 6.18. The van der Waals surface area contributed by atoms with E-state index in [2.05, 4.69) is 13.8 Å². The molecular formula is C14H29ClO4. The molecule has 0 N–H and O–H groups in total.